The van der Waals surface area contributed by atoms with Crippen LogP contribution < -0.4 is 10.6 Å². The topological polar surface area (TPSA) is 74.2 Å². The van der Waals surface area contributed by atoms with Gasteiger partial charge in [0.1, 0.15) is 17.3 Å². The van der Waals surface area contributed by atoms with Gasteiger partial charge in [0, 0.05) is 24.5 Å². The van der Waals surface area contributed by atoms with E-state index in [1.807, 2.05) is 12.1 Å². The highest BCUT2D eigenvalue weighted by Crippen LogP contribution is 2.14. The monoisotopic (exact) mass is 459 g/mol. The van der Waals surface area contributed by atoms with Crippen molar-refractivity contribution in [3.63, 3.8) is 0 Å². The number of hydrogen-bond donors (Lipinski definition) is 3. The summed E-state index contributed by atoms with van der Waals surface area (Å²) in [7, 11) is 0. The molecule has 5 nitrogen and oxygen atoms in total. The van der Waals surface area contributed by atoms with Crippen molar-refractivity contribution >= 4 is 17.2 Å². The first-order valence-electron chi connectivity index (χ1n) is 10.5. The highest BCUT2D eigenvalue weighted by Gasteiger charge is 2.24. The van der Waals surface area contributed by atoms with Gasteiger partial charge in [0.2, 0.25) is 0 Å². The number of carbonyl (C=O) groups is 1. The minimum atomic E-state index is -0.987. The Morgan fingerprint density at radius 3 is 2.50 bits per heavy atom. The Bertz CT molecular complexity index is 1040. The molecule has 8 heteroatoms. The summed E-state index contributed by atoms with van der Waals surface area (Å²) in [4.78, 5) is 16.8. The van der Waals surface area contributed by atoms with Crippen LogP contribution in [0.5, 0.6) is 0 Å². The second-order valence-corrected chi connectivity index (χ2v) is 8.75. The van der Waals surface area contributed by atoms with Crippen LogP contribution in [0.4, 0.5) is 8.78 Å². The normalized spacial score (nSPS) is 13.0. The van der Waals surface area contributed by atoms with Gasteiger partial charge >= 0.3 is 0 Å². The molecule has 0 radical (unpaired) electrons. The van der Waals surface area contributed by atoms with Crippen LogP contribution in [-0.4, -0.2) is 34.7 Å². The minimum absolute atomic E-state index is 0.0672. The molecule has 1 amide bonds. The summed E-state index contributed by atoms with van der Waals surface area (Å²) >= 11 is 1.34. The summed E-state index contributed by atoms with van der Waals surface area (Å²) in [5, 5.41) is 19.2. The van der Waals surface area contributed by atoms with Crippen molar-refractivity contribution in [3.8, 4) is 0 Å². The van der Waals surface area contributed by atoms with E-state index in [2.05, 4.69) is 34.7 Å². The van der Waals surface area contributed by atoms with E-state index in [1.54, 1.807) is 12.3 Å². The number of halogens is 2. The van der Waals surface area contributed by atoms with Gasteiger partial charge in [-0.15, -0.1) is 11.3 Å². The number of hydrogen-bond acceptors (Lipinski definition) is 5. The Morgan fingerprint density at radius 2 is 1.84 bits per heavy atom. The molecule has 0 saturated carbocycles. The first-order valence-corrected chi connectivity index (χ1v) is 11.4. The molecule has 1 heterocycles. The fraction of sp³-hybridized carbons (Fsp3) is 0.333. The van der Waals surface area contributed by atoms with Crippen LogP contribution in [0.3, 0.4) is 0 Å². The Kier molecular flexibility index (Phi) is 8.44. The Labute approximate surface area is 190 Å². The van der Waals surface area contributed by atoms with Crippen LogP contribution in [0.25, 0.3) is 0 Å². The first-order chi connectivity index (χ1) is 15.3. The minimum Gasteiger partial charge on any atom is -0.390 e. The average molecular weight is 460 g/mol. The van der Waals surface area contributed by atoms with Gasteiger partial charge in [0.05, 0.1) is 17.2 Å². The number of nitrogens with one attached hydrogen (secondary N) is 2. The molecule has 3 rings (SSSR count). The van der Waals surface area contributed by atoms with Gasteiger partial charge in [-0.25, -0.2) is 13.8 Å². The molecule has 0 aliphatic carbocycles. The number of aliphatic hydroxyl groups excluding tert-OH is 1. The molecule has 2 aromatic carbocycles. The fourth-order valence-corrected chi connectivity index (χ4v) is 4.04. The number of aromatic nitrogens is 1. The average Bonchev–Trinajstić information content (AvgIpc) is 3.19. The maximum Gasteiger partial charge on any atom is 0.271 e. The summed E-state index contributed by atoms with van der Waals surface area (Å²) < 4.78 is 27.3. The standard InChI is InChI=1S/C24H27F2N3O2S/c1-3-16-5-4-6-17(7-16)12-27-13-23(30)21(10-18-8-19(25)11-20(26)9-18)29-24(31)22-14-32-15(2)28-22/h4-9,11,14,21,23,27,30H,3,10,12-13H2,1-2H3,(H,29,31). The third kappa shape index (κ3) is 6.91. The van der Waals surface area contributed by atoms with Crippen molar-refractivity contribution in [3.05, 3.63) is 86.9 Å². The zero-order valence-corrected chi connectivity index (χ0v) is 18.9. The molecule has 0 aliphatic heterocycles. The molecule has 3 aromatic rings. The summed E-state index contributed by atoms with van der Waals surface area (Å²) in [5.74, 6) is -1.85. The summed E-state index contributed by atoms with van der Waals surface area (Å²) in [5.41, 5.74) is 2.90. The number of thiazole rings is 1. The quantitative estimate of drug-likeness (QED) is 0.431. The van der Waals surface area contributed by atoms with E-state index in [4.69, 9.17) is 0 Å². The smallest absolute Gasteiger partial charge is 0.271 e. The van der Waals surface area contributed by atoms with E-state index in [0.717, 1.165) is 23.1 Å². The second kappa shape index (κ2) is 11.3. The molecule has 0 fully saturated rings. The number of carbonyl (C=O) groups excluding carboxylic acids is 1. The van der Waals surface area contributed by atoms with Crippen molar-refractivity contribution in [2.75, 3.05) is 6.54 Å². The van der Waals surface area contributed by atoms with Gasteiger partial charge in [-0.1, -0.05) is 31.2 Å². The van der Waals surface area contributed by atoms with Gasteiger partial charge < -0.3 is 15.7 Å². The molecule has 0 bridgehead atoms. The molecule has 2 unspecified atom stereocenters. The van der Waals surface area contributed by atoms with Crippen LogP contribution in [0.15, 0.2) is 47.8 Å². The zero-order valence-electron chi connectivity index (χ0n) is 18.1. The lowest BCUT2D eigenvalue weighted by atomic mass is 10.00. The van der Waals surface area contributed by atoms with Crippen molar-refractivity contribution in [1.82, 2.24) is 15.6 Å². The molecule has 32 heavy (non-hydrogen) atoms. The van der Waals surface area contributed by atoms with Crippen molar-refractivity contribution in [2.24, 2.45) is 0 Å². The number of aryl methyl sites for hydroxylation is 2. The third-order valence-corrected chi connectivity index (χ3v) is 5.87. The maximum atomic E-state index is 13.7. The van der Waals surface area contributed by atoms with Gasteiger partial charge in [-0.2, -0.15) is 0 Å². The lowest BCUT2D eigenvalue weighted by Crippen LogP contribution is -2.48. The molecule has 170 valence electrons. The second-order valence-electron chi connectivity index (χ2n) is 7.69. The molecule has 2 atom stereocenters. The van der Waals surface area contributed by atoms with Crippen molar-refractivity contribution < 1.29 is 18.7 Å². The third-order valence-electron chi connectivity index (χ3n) is 5.09. The van der Waals surface area contributed by atoms with Gasteiger partial charge in [0.15, 0.2) is 0 Å². The van der Waals surface area contributed by atoms with Crippen LogP contribution in [0.2, 0.25) is 0 Å². The first kappa shape index (κ1) is 24.0. The molecular weight excluding hydrogens is 432 g/mol. The van der Waals surface area contributed by atoms with E-state index in [9.17, 15) is 18.7 Å². The Hall–Kier alpha value is -2.68. The summed E-state index contributed by atoms with van der Waals surface area (Å²) in [6, 6.07) is 10.6. The number of nitrogens with zero attached hydrogens (tertiary/aromatic N) is 1. The van der Waals surface area contributed by atoms with Crippen LogP contribution in [-0.2, 0) is 19.4 Å². The fourth-order valence-electron chi connectivity index (χ4n) is 3.44. The summed E-state index contributed by atoms with van der Waals surface area (Å²) in [6.07, 6.45) is 0.0158. The SMILES string of the molecule is CCc1cccc(CNCC(O)C(Cc2cc(F)cc(F)c2)NC(=O)c2csc(C)n2)c1. The number of aliphatic hydroxyl groups is 1. The van der Waals surface area contributed by atoms with Crippen LogP contribution in [0, 0.1) is 18.6 Å². The van der Waals surface area contributed by atoms with E-state index in [-0.39, 0.29) is 18.7 Å². The Morgan fingerprint density at radius 1 is 1.12 bits per heavy atom. The zero-order chi connectivity index (χ0) is 23.1. The Balaban J connectivity index is 1.68. The van der Waals surface area contributed by atoms with E-state index in [0.29, 0.717) is 12.1 Å². The maximum absolute atomic E-state index is 13.7. The van der Waals surface area contributed by atoms with E-state index in [1.165, 1.54) is 29.0 Å². The molecule has 0 spiro atoms. The van der Waals surface area contributed by atoms with Gasteiger partial charge in [-0.3, -0.25) is 4.79 Å². The van der Waals surface area contributed by atoms with Crippen molar-refractivity contribution in [1.29, 1.82) is 0 Å². The lowest BCUT2D eigenvalue weighted by molar-refractivity contribution is 0.0826. The molecular formula is C24H27F2N3O2S. The summed E-state index contributed by atoms with van der Waals surface area (Å²) in [6.45, 7) is 4.62. The van der Waals surface area contributed by atoms with Gasteiger partial charge in [0.25, 0.3) is 5.91 Å². The highest BCUT2D eigenvalue weighted by molar-refractivity contribution is 7.09. The van der Waals surface area contributed by atoms with Crippen LogP contribution in [0.1, 0.15) is 39.1 Å². The van der Waals surface area contributed by atoms with Crippen LogP contribution >= 0.6 is 11.3 Å². The van der Waals surface area contributed by atoms with Crippen molar-refractivity contribution in [2.45, 2.75) is 45.4 Å². The molecule has 0 saturated heterocycles. The lowest BCUT2D eigenvalue weighted by Gasteiger charge is -2.24. The number of benzene rings is 2. The predicted molar refractivity (Wildman–Crippen MR) is 122 cm³/mol. The van der Waals surface area contributed by atoms with E-state index < -0.39 is 29.7 Å². The van der Waals surface area contributed by atoms with E-state index >= 15 is 0 Å². The van der Waals surface area contributed by atoms with Gasteiger partial charge in [-0.05, 0) is 48.6 Å². The largest absolute Gasteiger partial charge is 0.390 e. The predicted octanol–water partition coefficient (Wildman–Crippen LogP) is 3.78. The molecule has 0 aliphatic rings. The number of amides is 1. The highest BCUT2D eigenvalue weighted by atomic mass is 32.1. The molecule has 1 aromatic heterocycles. The molecule has 3 N–H and O–H groups in total. The number of rotatable bonds is 10.